The van der Waals surface area contributed by atoms with Crippen LogP contribution in [0.5, 0.6) is 0 Å². The second kappa shape index (κ2) is 7.99. The van der Waals surface area contributed by atoms with Crippen LogP contribution in [0.2, 0.25) is 0 Å². The van der Waals surface area contributed by atoms with E-state index in [1.165, 1.54) is 6.42 Å². The SMILES string of the molecule is COCC/C(N)=N/OCC(=O)N1C(C)CCCC1C. The molecular formula is C13H25N3O3. The van der Waals surface area contributed by atoms with Crippen LogP contribution in [-0.2, 0) is 14.4 Å². The van der Waals surface area contributed by atoms with Gasteiger partial charge >= 0.3 is 0 Å². The molecule has 0 bridgehead atoms. The first kappa shape index (κ1) is 15.8. The molecule has 0 aromatic carbocycles. The highest BCUT2D eigenvalue weighted by Crippen LogP contribution is 2.22. The maximum absolute atomic E-state index is 12.1. The Morgan fingerprint density at radius 1 is 1.37 bits per heavy atom. The zero-order chi connectivity index (χ0) is 14.3. The molecule has 6 heteroatoms. The molecule has 2 N–H and O–H groups in total. The van der Waals surface area contributed by atoms with E-state index in [4.69, 9.17) is 15.3 Å². The van der Waals surface area contributed by atoms with Crippen molar-refractivity contribution in [1.82, 2.24) is 4.90 Å². The minimum atomic E-state index is -0.0532. The average molecular weight is 271 g/mol. The number of oxime groups is 1. The second-order valence-corrected chi connectivity index (χ2v) is 5.03. The average Bonchev–Trinajstić information content (AvgIpc) is 2.36. The van der Waals surface area contributed by atoms with Gasteiger partial charge < -0.3 is 20.2 Å². The highest BCUT2D eigenvalue weighted by atomic mass is 16.6. The molecule has 6 nitrogen and oxygen atoms in total. The first-order valence-electron chi connectivity index (χ1n) is 6.80. The predicted molar refractivity (Wildman–Crippen MR) is 73.7 cm³/mol. The molecule has 0 spiro atoms. The summed E-state index contributed by atoms with van der Waals surface area (Å²) in [5.74, 6) is 0.317. The lowest BCUT2D eigenvalue weighted by Crippen LogP contribution is -2.48. The maximum atomic E-state index is 12.1. The van der Waals surface area contributed by atoms with Gasteiger partial charge in [0.1, 0.15) is 5.84 Å². The van der Waals surface area contributed by atoms with E-state index in [0.717, 1.165) is 12.8 Å². The molecule has 2 unspecified atom stereocenters. The molecule has 0 radical (unpaired) electrons. The van der Waals surface area contributed by atoms with Crippen molar-refractivity contribution in [2.24, 2.45) is 10.9 Å². The Hall–Kier alpha value is -1.30. The van der Waals surface area contributed by atoms with Crippen molar-refractivity contribution in [1.29, 1.82) is 0 Å². The van der Waals surface area contributed by atoms with Crippen LogP contribution >= 0.6 is 0 Å². The molecule has 1 heterocycles. The fraction of sp³-hybridized carbons (Fsp3) is 0.846. The van der Waals surface area contributed by atoms with Crippen LogP contribution in [0.1, 0.15) is 39.5 Å². The zero-order valence-corrected chi connectivity index (χ0v) is 12.1. The number of methoxy groups -OCH3 is 1. The predicted octanol–water partition coefficient (Wildman–Crippen LogP) is 1.10. The van der Waals surface area contributed by atoms with Gasteiger partial charge in [-0.3, -0.25) is 4.79 Å². The molecule has 0 aromatic rings. The number of likely N-dealkylation sites (tertiary alicyclic amines) is 1. The summed E-state index contributed by atoms with van der Waals surface area (Å²) in [7, 11) is 1.59. The Labute approximate surface area is 114 Å². The van der Waals surface area contributed by atoms with Crippen LogP contribution in [-0.4, -0.2) is 49.0 Å². The summed E-state index contributed by atoms with van der Waals surface area (Å²) in [6.45, 7) is 4.59. The number of amidine groups is 1. The van der Waals surface area contributed by atoms with Gasteiger partial charge in [-0.2, -0.15) is 0 Å². The smallest absolute Gasteiger partial charge is 0.263 e. The number of nitrogens with two attached hydrogens (primary N) is 1. The van der Waals surface area contributed by atoms with Crippen molar-refractivity contribution in [2.45, 2.75) is 51.6 Å². The van der Waals surface area contributed by atoms with Crippen molar-refractivity contribution in [3.63, 3.8) is 0 Å². The third-order valence-electron chi connectivity index (χ3n) is 3.41. The van der Waals surface area contributed by atoms with E-state index < -0.39 is 0 Å². The van der Waals surface area contributed by atoms with Gasteiger partial charge in [0, 0.05) is 25.6 Å². The highest BCUT2D eigenvalue weighted by molar-refractivity contribution is 5.80. The Bertz CT molecular complexity index is 310. The fourth-order valence-electron chi connectivity index (χ4n) is 2.41. The van der Waals surface area contributed by atoms with Gasteiger partial charge in [-0.05, 0) is 33.1 Å². The summed E-state index contributed by atoms with van der Waals surface area (Å²) in [5, 5.41) is 3.71. The number of rotatable bonds is 6. The third kappa shape index (κ3) is 5.06. The number of ether oxygens (including phenoxy) is 1. The monoisotopic (exact) mass is 271 g/mol. The van der Waals surface area contributed by atoms with Crippen LogP contribution in [0.25, 0.3) is 0 Å². The van der Waals surface area contributed by atoms with E-state index >= 15 is 0 Å². The van der Waals surface area contributed by atoms with E-state index in [1.807, 2.05) is 4.90 Å². The van der Waals surface area contributed by atoms with Crippen molar-refractivity contribution in [3.05, 3.63) is 0 Å². The summed E-state index contributed by atoms with van der Waals surface area (Å²) in [6, 6.07) is 0.546. The molecule has 110 valence electrons. The van der Waals surface area contributed by atoms with Crippen LogP contribution < -0.4 is 5.73 Å². The highest BCUT2D eigenvalue weighted by Gasteiger charge is 2.28. The Morgan fingerprint density at radius 2 is 2.00 bits per heavy atom. The van der Waals surface area contributed by atoms with Crippen LogP contribution in [0.15, 0.2) is 5.16 Å². The minimum absolute atomic E-state index is 0.0250. The Balaban J connectivity index is 2.37. The van der Waals surface area contributed by atoms with Crippen molar-refractivity contribution >= 4 is 11.7 Å². The molecule has 1 amide bonds. The number of nitrogens with zero attached hydrogens (tertiary/aromatic N) is 2. The van der Waals surface area contributed by atoms with Gasteiger partial charge in [0.05, 0.1) is 6.61 Å². The summed E-state index contributed by atoms with van der Waals surface area (Å²) in [6.07, 6.45) is 3.78. The minimum Gasteiger partial charge on any atom is -0.384 e. The van der Waals surface area contributed by atoms with Crippen LogP contribution in [0, 0.1) is 0 Å². The zero-order valence-electron chi connectivity index (χ0n) is 12.1. The molecule has 19 heavy (non-hydrogen) atoms. The number of hydrogen-bond acceptors (Lipinski definition) is 4. The molecule has 1 aliphatic heterocycles. The van der Waals surface area contributed by atoms with E-state index in [2.05, 4.69) is 19.0 Å². The molecular weight excluding hydrogens is 246 g/mol. The van der Waals surface area contributed by atoms with Crippen LogP contribution in [0.4, 0.5) is 0 Å². The van der Waals surface area contributed by atoms with Gasteiger partial charge in [0.15, 0.2) is 6.61 Å². The standard InChI is InChI=1S/C13H25N3O3/c1-10-5-4-6-11(2)16(10)13(17)9-19-15-12(14)7-8-18-3/h10-11H,4-9H2,1-3H3,(H2,14,15). The topological polar surface area (TPSA) is 77.1 Å². The molecule has 0 aliphatic carbocycles. The van der Waals surface area contributed by atoms with Gasteiger partial charge in [-0.25, -0.2) is 0 Å². The molecule has 1 saturated heterocycles. The normalized spacial score (nSPS) is 24.4. The van der Waals surface area contributed by atoms with Crippen molar-refractivity contribution in [2.75, 3.05) is 20.3 Å². The molecule has 2 atom stereocenters. The molecule has 0 saturated carbocycles. The summed E-state index contributed by atoms with van der Waals surface area (Å²) in [5.41, 5.74) is 5.60. The number of amides is 1. The Morgan fingerprint density at radius 3 is 2.58 bits per heavy atom. The lowest BCUT2D eigenvalue weighted by molar-refractivity contribution is -0.142. The largest absolute Gasteiger partial charge is 0.384 e. The van der Waals surface area contributed by atoms with Gasteiger partial charge in [-0.15, -0.1) is 0 Å². The van der Waals surface area contributed by atoms with E-state index in [0.29, 0.717) is 18.9 Å². The quantitative estimate of drug-likeness (QED) is 0.446. The van der Waals surface area contributed by atoms with Crippen molar-refractivity contribution in [3.8, 4) is 0 Å². The molecule has 1 fully saturated rings. The van der Waals surface area contributed by atoms with E-state index in [9.17, 15) is 4.79 Å². The lowest BCUT2D eigenvalue weighted by atomic mass is 9.97. The summed E-state index contributed by atoms with van der Waals surface area (Å²) < 4.78 is 4.87. The summed E-state index contributed by atoms with van der Waals surface area (Å²) >= 11 is 0. The fourth-order valence-corrected chi connectivity index (χ4v) is 2.41. The first-order valence-corrected chi connectivity index (χ1v) is 6.80. The molecule has 1 rings (SSSR count). The van der Waals surface area contributed by atoms with E-state index in [-0.39, 0.29) is 24.6 Å². The first-order chi connectivity index (χ1) is 9.06. The van der Waals surface area contributed by atoms with E-state index in [1.54, 1.807) is 7.11 Å². The van der Waals surface area contributed by atoms with Gasteiger partial charge in [-0.1, -0.05) is 5.16 Å². The molecule has 0 aromatic heterocycles. The van der Waals surface area contributed by atoms with Gasteiger partial charge in [0.25, 0.3) is 5.91 Å². The maximum Gasteiger partial charge on any atom is 0.263 e. The molecule has 1 aliphatic rings. The third-order valence-corrected chi connectivity index (χ3v) is 3.41. The van der Waals surface area contributed by atoms with Crippen molar-refractivity contribution < 1.29 is 14.4 Å². The lowest BCUT2D eigenvalue weighted by Gasteiger charge is -2.38. The Kier molecular flexibility index (Phi) is 6.62. The van der Waals surface area contributed by atoms with Gasteiger partial charge in [0.2, 0.25) is 0 Å². The second-order valence-electron chi connectivity index (χ2n) is 5.03. The summed E-state index contributed by atoms with van der Waals surface area (Å²) in [4.78, 5) is 19.0. The number of hydrogen-bond donors (Lipinski definition) is 1. The number of carbonyl (C=O) groups excluding carboxylic acids is 1. The number of piperidine rings is 1. The number of carbonyl (C=O) groups is 1. The van der Waals surface area contributed by atoms with Crippen LogP contribution in [0.3, 0.4) is 0 Å².